The van der Waals surface area contributed by atoms with Gasteiger partial charge < -0.3 is 24.3 Å². The third-order valence-corrected chi connectivity index (χ3v) is 1.86. The molecule has 0 aromatic rings. The van der Waals surface area contributed by atoms with Gasteiger partial charge in [0, 0.05) is 0 Å². The molecule has 8 nitrogen and oxygen atoms in total. The number of rotatable bonds is 6. The minimum absolute atomic E-state index is 0.0266. The number of nitrogens with one attached hydrogen (secondary N) is 1. The molecule has 0 unspecified atom stereocenters. The molecule has 0 aliphatic rings. The Balaban J connectivity index is 4.46. The lowest BCUT2D eigenvalue weighted by molar-refractivity contribution is -0.144. The molecule has 0 rings (SSSR count). The van der Waals surface area contributed by atoms with E-state index in [0.717, 1.165) is 7.11 Å². The fourth-order valence-electron chi connectivity index (χ4n) is 1.08. The van der Waals surface area contributed by atoms with Crippen LogP contribution in [0, 0.1) is 0 Å². The van der Waals surface area contributed by atoms with Gasteiger partial charge >= 0.3 is 18.2 Å². The molecule has 1 atom stereocenters. The predicted molar refractivity (Wildman–Crippen MR) is 72.7 cm³/mol. The number of esters is 1. The number of hydrogen-bond acceptors (Lipinski definition) is 7. The SMILES string of the molecule is C=CCOC(=O)OC[C@H](NC(=O)OC(C)(C)C)C(=O)OC. The van der Waals surface area contributed by atoms with Crippen LogP contribution in [0.3, 0.4) is 0 Å². The van der Waals surface area contributed by atoms with E-state index in [1.165, 1.54) is 6.08 Å². The lowest BCUT2D eigenvalue weighted by atomic mass is 10.2. The highest BCUT2D eigenvalue weighted by Crippen LogP contribution is 2.07. The van der Waals surface area contributed by atoms with Crippen molar-refractivity contribution in [1.82, 2.24) is 5.32 Å². The Hall–Kier alpha value is -2.25. The van der Waals surface area contributed by atoms with E-state index >= 15 is 0 Å². The van der Waals surface area contributed by atoms with Gasteiger partial charge in [-0.05, 0) is 20.8 Å². The number of carbonyl (C=O) groups excluding carboxylic acids is 3. The largest absolute Gasteiger partial charge is 0.508 e. The van der Waals surface area contributed by atoms with Gasteiger partial charge in [0.1, 0.15) is 18.8 Å². The molecule has 0 saturated heterocycles. The van der Waals surface area contributed by atoms with Gasteiger partial charge in [0.2, 0.25) is 0 Å². The van der Waals surface area contributed by atoms with Gasteiger partial charge in [-0.3, -0.25) is 0 Å². The van der Waals surface area contributed by atoms with E-state index in [1.54, 1.807) is 20.8 Å². The first-order chi connectivity index (χ1) is 9.69. The highest BCUT2D eigenvalue weighted by Gasteiger charge is 2.26. The Morgan fingerprint density at radius 3 is 2.33 bits per heavy atom. The Labute approximate surface area is 123 Å². The van der Waals surface area contributed by atoms with Crippen molar-refractivity contribution in [1.29, 1.82) is 0 Å². The zero-order chi connectivity index (χ0) is 16.5. The summed E-state index contributed by atoms with van der Waals surface area (Å²) in [6, 6.07) is -1.19. The van der Waals surface area contributed by atoms with Gasteiger partial charge in [-0.1, -0.05) is 12.7 Å². The lowest BCUT2D eigenvalue weighted by Gasteiger charge is -2.22. The molecule has 0 aliphatic heterocycles. The van der Waals surface area contributed by atoms with Crippen LogP contribution in [-0.4, -0.2) is 50.2 Å². The minimum atomic E-state index is -1.19. The number of ether oxygens (including phenoxy) is 4. The zero-order valence-corrected chi connectivity index (χ0v) is 12.6. The van der Waals surface area contributed by atoms with Crippen LogP contribution in [0.4, 0.5) is 9.59 Å². The second-order valence-electron chi connectivity index (χ2n) is 4.88. The van der Waals surface area contributed by atoms with E-state index < -0.39 is 36.5 Å². The second-order valence-corrected chi connectivity index (χ2v) is 4.88. The molecule has 0 aliphatic carbocycles. The van der Waals surface area contributed by atoms with Crippen molar-refractivity contribution < 1.29 is 33.3 Å². The lowest BCUT2D eigenvalue weighted by Crippen LogP contribution is -2.47. The topological polar surface area (TPSA) is 100 Å². The molecule has 0 bridgehead atoms. The van der Waals surface area contributed by atoms with Gasteiger partial charge in [-0.25, -0.2) is 14.4 Å². The smallest absolute Gasteiger partial charge is 0.467 e. The van der Waals surface area contributed by atoms with Gasteiger partial charge in [-0.15, -0.1) is 0 Å². The monoisotopic (exact) mass is 303 g/mol. The molecule has 0 aromatic carbocycles. The molecule has 1 N–H and O–H groups in total. The quantitative estimate of drug-likeness (QED) is 0.449. The van der Waals surface area contributed by atoms with Crippen molar-refractivity contribution in [3.63, 3.8) is 0 Å². The molecular formula is C13H21NO7. The van der Waals surface area contributed by atoms with Crippen LogP contribution in [0.2, 0.25) is 0 Å². The summed E-state index contributed by atoms with van der Waals surface area (Å²) in [4.78, 5) is 34.2. The summed E-state index contributed by atoms with van der Waals surface area (Å²) < 4.78 is 18.7. The Morgan fingerprint density at radius 2 is 1.86 bits per heavy atom. The maximum atomic E-state index is 11.6. The molecule has 0 saturated carbocycles. The molecule has 1 amide bonds. The van der Waals surface area contributed by atoms with Crippen LogP contribution in [0.25, 0.3) is 0 Å². The van der Waals surface area contributed by atoms with Crippen molar-refractivity contribution in [3.8, 4) is 0 Å². The van der Waals surface area contributed by atoms with Gasteiger partial charge in [0.15, 0.2) is 6.04 Å². The average Bonchev–Trinajstić information content (AvgIpc) is 2.37. The van der Waals surface area contributed by atoms with Crippen LogP contribution >= 0.6 is 0 Å². The first kappa shape index (κ1) is 18.8. The summed E-state index contributed by atoms with van der Waals surface area (Å²) in [5, 5.41) is 2.25. The molecular weight excluding hydrogens is 282 g/mol. The Kier molecular flexibility index (Phi) is 7.88. The minimum Gasteiger partial charge on any atom is -0.467 e. The molecule has 0 heterocycles. The van der Waals surface area contributed by atoms with Crippen LogP contribution in [-0.2, 0) is 23.7 Å². The zero-order valence-electron chi connectivity index (χ0n) is 12.6. The van der Waals surface area contributed by atoms with Gasteiger partial charge in [0.25, 0.3) is 0 Å². The number of methoxy groups -OCH3 is 1. The van der Waals surface area contributed by atoms with E-state index in [2.05, 4.69) is 26.1 Å². The molecule has 0 aromatic heterocycles. The van der Waals surface area contributed by atoms with E-state index in [9.17, 15) is 14.4 Å². The average molecular weight is 303 g/mol. The molecule has 8 heteroatoms. The summed E-state index contributed by atoms with van der Waals surface area (Å²) in [5.41, 5.74) is -0.728. The van der Waals surface area contributed by atoms with E-state index in [-0.39, 0.29) is 6.61 Å². The summed E-state index contributed by atoms with van der Waals surface area (Å²) >= 11 is 0. The standard InChI is InChI=1S/C13H21NO7/c1-6-7-19-12(17)20-8-9(10(15)18-5)14-11(16)21-13(2,3)4/h6,9H,1,7-8H2,2-5H3,(H,14,16)/t9-/m0/s1. The third kappa shape index (κ3) is 9.31. The molecule has 0 fully saturated rings. The first-order valence-electron chi connectivity index (χ1n) is 6.17. The van der Waals surface area contributed by atoms with Crippen molar-refractivity contribution in [2.24, 2.45) is 0 Å². The van der Waals surface area contributed by atoms with Crippen LogP contribution < -0.4 is 5.32 Å². The number of hydrogen-bond donors (Lipinski definition) is 1. The fourth-order valence-corrected chi connectivity index (χ4v) is 1.08. The van der Waals surface area contributed by atoms with Crippen molar-refractivity contribution in [2.75, 3.05) is 20.3 Å². The highest BCUT2D eigenvalue weighted by atomic mass is 16.7. The normalized spacial score (nSPS) is 11.8. The van der Waals surface area contributed by atoms with Gasteiger partial charge in [-0.2, -0.15) is 0 Å². The van der Waals surface area contributed by atoms with E-state index in [1.807, 2.05) is 0 Å². The van der Waals surface area contributed by atoms with Crippen LogP contribution in [0.5, 0.6) is 0 Å². The molecule has 21 heavy (non-hydrogen) atoms. The molecule has 0 radical (unpaired) electrons. The Morgan fingerprint density at radius 1 is 1.24 bits per heavy atom. The van der Waals surface area contributed by atoms with Gasteiger partial charge in [0.05, 0.1) is 7.11 Å². The van der Waals surface area contributed by atoms with Crippen molar-refractivity contribution in [3.05, 3.63) is 12.7 Å². The third-order valence-electron chi connectivity index (χ3n) is 1.86. The van der Waals surface area contributed by atoms with Crippen LogP contribution in [0.15, 0.2) is 12.7 Å². The number of amides is 1. The summed E-state index contributed by atoms with van der Waals surface area (Å²) in [6.45, 7) is 7.90. The maximum absolute atomic E-state index is 11.6. The highest BCUT2D eigenvalue weighted by molar-refractivity contribution is 5.81. The summed E-state index contributed by atoms with van der Waals surface area (Å²) in [5.74, 6) is -0.780. The Bertz CT molecular complexity index is 386. The summed E-state index contributed by atoms with van der Waals surface area (Å²) in [7, 11) is 1.14. The van der Waals surface area contributed by atoms with Crippen molar-refractivity contribution in [2.45, 2.75) is 32.4 Å². The summed E-state index contributed by atoms with van der Waals surface area (Å²) in [6.07, 6.45) is -0.464. The molecule has 120 valence electrons. The predicted octanol–water partition coefficient (Wildman–Crippen LogP) is 1.39. The number of carbonyl (C=O) groups is 3. The van der Waals surface area contributed by atoms with Crippen LogP contribution in [0.1, 0.15) is 20.8 Å². The fraction of sp³-hybridized carbons (Fsp3) is 0.615. The maximum Gasteiger partial charge on any atom is 0.508 e. The van der Waals surface area contributed by atoms with Crippen molar-refractivity contribution >= 4 is 18.2 Å². The number of alkyl carbamates (subject to hydrolysis) is 1. The second kappa shape index (κ2) is 8.83. The van der Waals surface area contributed by atoms with E-state index in [4.69, 9.17) is 4.74 Å². The first-order valence-corrected chi connectivity index (χ1v) is 6.17. The molecule has 0 spiro atoms. The van der Waals surface area contributed by atoms with E-state index in [0.29, 0.717) is 0 Å².